The summed E-state index contributed by atoms with van der Waals surface area (Å²) in [6.45, 7) is 16.6. The van der Waals surface area contributed by atoms with E-state index in [9.17, 15) is 9.59 Å². The number of carbonyl (C=O) groups excluding carboxylic acids is 2. The van der Waals surface area contributed by atoms with Crippen LogP contribution in [0.2, 0.25) is 0 Å². The first-order valence-corrected chi connectivity index (χ1v) is 11.1. The Hall–Kier alpha value is -2.63. The molecule has 31 heavy (non-hydrogen) atoms. The molecular weight excluding hydrogens is 388 g/mol. The van der Waals surface area contributed by atoms with E-state index >= 15 is 0 Å². The third-order valence-electron chi connectivity index (χ3n) is 5.13. The Bertz CT molecular complexity index is 916. The van der Waals surface area contributed by atoms with Crippen LogP contribution in [0.4, 0.5) is 5.82 Å². The maximum Gasteiger partial charge on any atom is 0.245 e. The van der Waals surface area contributed by atoms with E-state index in [1.54, 1.807) is 9.58 Å². The molecule has 1 aromatic heterocycles. The van der Waals surface area contributed by atoms with Crippen molar-refractivity contribution < 1.29 is 9.59 Å². The summed E-state index contributed by atoms with van der Waals surface area (Å²) in [6.07, 6.45) is 1.83. The van der Waals surface area contributed by atoms with Gasteiger partial charge in [0.05, 0.1) is 17.9 Å². The van der Waals surface area contributed by atoms with Crippen molar-refractivity contribution >= 4 is 17.6 Å². The largest absolute Gasteiger partial charge is 0.333 e. The zero-order chi connectivity index (χ0) is 23.4. The van der Waals surface area contributed by atoms with Gasteiger partial charge >= 0.3 is 0 Å². The van der Waals surface area contributed by atoms with E-state index in [2.05, 4.69) is 33.0 Å². The molecule has 1 aromatic carbocycles. The molecule has 2 aromatic rings. The monoisotopic (exact) mass is 426 g/mol. The predicted octanol–water partition coefficient (Wildman–Crippen LogP) is 5.09. The number of nitrogens with zero attached hydrogens (tertiary/aromatic N) is 3. The lowest BCUT2D eigenvalue weighted by atomic mass is 9.92. The molecule has 2 amide bonds. The Kier molecular flexibility index (Phi) is 7.68. The van der Waals surface area contributed by atoms with E-state index in [-0.39, 0.29) is 23.8 Å². The SMILES string of the molecule is CCCCN(CC(=O)Nc1cc(C(C)(C)C)nn1-c1ccccc1C)C(=O)C(C)(C)C. The van der Waals surface area contributed by atoms with Crippen LogP contribution in [-0.2, 0) is 15.0 Å². The van der Waals surface area contributed by atoms with E-state index < -0.39 is 5.41 Å². The lowest BCUT2D eigenvalue weighted by molar-refractivity contribution is -0.141. The smallest absolute Gasteiger partial charge is 0.245 e. The Morgan fingerprint density at radius 1 is 1.10 bits per heavy atom. The Morgan fingerprint density at radius 2 is 1.74 bits per heavy atom. The third kappa shape index (κ3) is 6.42. The molecule has 0 fully saturated rings. The number of hydrogen-bond donors (Lipinski definition) is 1. The number of hydrogen-bond acceptors (Lipinski definition) is 3. The first-order chi connectivity index (χ1) is 14.3. The van der Waals surface area contributed by atoms with E-state index in [0.29, 0.717) is 12.4 Å². The van der Waals surface area contributed by atoms with Crippen molar-refractivity contribution in [3.63, 3.8) is 0 Å². The highest BCUT2D eigenvalue weighted by atomic mass is 16.2. The molecule has 0 saturated heterocycles. The molecule has 170 valence electrons. The zero-order valence-electron chi connectivity index (χ0n) is 20.4. The van der Waals surface area contributed by atoms with Gasteiger partial charge in [-0.3, -0.25) is 9.59 Å². The zero-order valence-corrected chi connectivity index (χ0v) is 20.4. The van der Waals surface area contributed by atoms with Gasteiger partial charge in [0.15, 0.2) is 0 Å². The molecule has 6 nitrogen and oxygen atoms in total. The minimum absolute atomic E-state index is 0.0149. The number of aryl methyl sites for hydroxylation is 1. The number of unbranched alkanes of at least 4 members (excludes halogenated alkanes) is 1. The van der Waals surface area contributed by atoms with Crippen LogP contribution in [0.25, 0.3) is 5.69 Å². The molecule has 6 heteroatoms. The number of anilines is 1. The number of carbonyl (C=O) groups is 2. The second-order valence-corrected chi connectivity index (χ2v) is 10.2. The lowest BCUT2D eigenvalue weighted by Crippen LogP contribution is -2.44. The van der Waals surface area contributed by atoms with Crippen molar-refractivity contribution in [3.05, 3.63) is 41.6 Å². The topological polar surface area (TPSA) is 67.2 Å². The molecule has 1 heterocycles. The van der Waals surface area contributed by atoms with E-state index in [1.165, 1.54) is 0 Å². The van der Waals surface area contributed by atoms with E-state index in [0.717, 1.165) is 29.8 Å². The van der Waals surface area contributed by atoms with Gasteiger partial charge in [0, 0.05) is 23.4 Å². The summed E-state index contributed by atoms with van der Waals surface area (Å²) in [5.74, 6) is 0.380. The van der Waals surface area contributed by atoms with Crippen LogP contribution in [0.3, 0.4) is 0 Å². The van der Waals surface area contributed by atoms with Gasteiger partial charge in [0.1, 0.15) is 5.82 Å². The van der Waals surface area contributed by atoms with Gasteiger partial charge in [-0.15, -0.1) is 0 Å². The number of rotatable bonds is 7. The molecule has 1 N–H and O–H groups in total. The molecule has 0 bridgehead atoms. The van der Waals surface area contributed by atoms with Gasteiger partial charge < -0.3 is 10.2 Å². The van der Waals surface area contributed by atoms with Gasteiger partial charge in [-0.1, -0.05) is 73.1 Å². The van der Waals surface area contributed by atoms with Crippen LogP contribution in [-0.4, -0.2) is 39.6 Å². The van der Waals surface area contributed by atoms with Gasteiger partial charge in [-0.05, 0) is 25.0 Å². The molecule has 0 atom stereocenters. The predicted molar refractivity (Wildman–Crippen MR) is 127 cm³/mol. The van der Waals surface area contributed by atoms with Gasteiger partial charge in [0.2, 0.25) is 11.8 Å². The first-order valence-electron chi connectivity index (χ1n) is 11.1. The second-order valence-electron chi connectivity index (χ2n) is 10.2. The van der Waals surface area contributed by atoms with Gasteiger partial charge in [0.25, 0.3) is 0 Å². The van der Waals surface area contributed by atoms with Crippen LogP contribution in [0.5, 0.6) is 0 Å². The van der Waals surface area contributed by atoms with E-state index in [4.69, 9.17) is 5.10 Å². The number of nitrogens with one attached hydrogen (secondary N) is 1. The van der Waals surface area contributed by atoms with Crippen molar-refractivity contribution in [1.29, 1.82) is 0 Å². The molecule has 2 rings (SSSR count). The summed E-state index contributed by atoms with van der Waals surface area (Å²) >= 11 is 0. The lowest BCUT2D eigenvalue weighted by Gasteiger charge is -2.29. The number of benzene rings is 1. The van der Waals surface area contributed by atoms with E-state index in [1.807, 2.05) is 58.0 Å². The maximum atomic E-state index is 13.0. The highest BCUT2D eigenvalue weighted by molar-refractivity contribution is 5.95. The average Bonchev–Trinajstić information content (AvgIpc) is 3.08. The second kappa shape index (κ2) is 9.67. The van der Waals surface area contributed by atoms with Gasteiger partial charge in [-0.25, -0.2) is 4.68 Å². The Morgan fingerprint density at radius 3 is 2.29 bits per heavy atom. The minimum Gasteiger partial charge on any atom is -0.333 e. The fourth-order valence-corrected chi connectivity index (χ4v) is 3.25. The number of aromatic nitrogens is 2. The van der Waals surface area contributed by atoms with Crippen LogP contribution < -0.4 is 5.32 Å². The fraction of sp³-hybridized carbons (Fsp3) is 0.560. The molecule has 0 aliphatic heterocycles. The maximum absolute atomic E-state index is 13.0. The number of amides is 2. The Labute approximate surface area is 187 Å². The minimum atomic E-state index is -0.531. The summed E-state index contributed by atoms with van der Waals surface area (Å²) in [7, 11) is 0. The summed E-state index contributed by atoms with van der Waals surface area (Å²) in [5, 5.41) is 7.80. The van der Waals surface area contributed by atoms with Crippen molar-refractivity contribution in [2.24, 2.45) is 5.41 Å². The quantitative estimate of drug-likeness (QED) is 0.670. The molecule has 0 radical (unpaired) electrons. The van der Waals surface area contributed by atoms with Crippen LogP contribution >= 0.6 is 0 Å². The summed E-state index contributed by atoms with van der Waals surface area (Å²) in [6, 6.07) is 9.87. The fourth-order valence-electron chi connectivity index (χ4n) is 3.25. The molecule has 0 aliphatic rings. The molecule has 0 spiro atoms. The summed E-state index contributed by atoms with van der Waals surface area (Å²) in [5.41, 5.74) is 2.18. The summed E-state index contributed by atoms with van der Waals surface area (Å²) in [4.78, 5) is 27.5. The standard InChI is InChI=1S/C25H38N4O2/c1-9-10-15-28(23(31)25(6,7)8)17-22(30)26-21-16-20(24(3,4)5)27-29(21)19-14-12-11-13-18(19)2/h11-14,16H,9-10,15,17H2,1-8H3,(H,26,30). The van der Waals surface area contributed by atoms with Crippen LogP contribution in [0.15, 0.2) is 30.3 Å². The molecule has 0 aliphatic carbocycles. The van der Waals surface area contributed by atoms with Crippen LogP contribution in [0.1, 0.15) is 72.6 Å². The molecular formula is C25H38N4O2. The third-order valence-corrected chi connectivity index (χ3v) is 5.13. The highest BCUT2D eigenvalue weighted by Crippen LogP contribution is 2.27. The van der Waals surface area contributed by atoms with Crippen molar-refractivity contribution in [1.82, 2.24) is 14.7 Å². The first kappa shape index (κ1) is 24.6. The van der Waals surface area contributed by atoms with Crippen LogP contribution in [0, 0.1) is 12.3 Å². The normalized spacial score (nSPS) is 12.0. The summed E-state index contributed by atoms with van der Waals surface area (Å²) < 4.78 is 1.79. The molecule has 0 unspecified atom stereocenters. The van der Waals surface area contributed by atoms with Gasteiger partial charge in [-0.2, -0.15) is 5.10 Å². The van der Waals surface area contributed by atoms with Crippen molar-refractivity contribution in [3.8, 4) is 5.69 Å². The number of para-hydroxylation sites is 1. The highest BCUT2D eigenvalue weighted by Gasteiger charge is 2.29. The molecule has 0 saturated carbocycles. The van der Waals surface area contributed by atoms with Crippen molar-refractivity contribution in [2.45, 2.75) is 73.6 Å². The van der Waals surface area contributed by atoms with Crippen molar-refractivity contribution in [2.75, 3.05) is 18.4 Å². The Balaban J connectivity index is 2.33. The average molecular weight is 427 g/mol.